The first-order chi connectivity index (χ1) is 8.73. The van der Waals surface area contributed by atoms with E-state index in [1.807, 2.05) is 0 Å². The van der Waals surface area contributed by atoms with Crippen molar-refractivity contribution in [3.63, 3.8) is 0 Å². The number of halogens is 5. The predicted octanol–water partition coefficient (Wildman–Crippen LogP) is 1.45. The number of hydrogen-bond donors (Lipinski definition) is 2. The van der Waals surface area contributed by atoms with Crippen LogP contribution in [0.15, 0.2) is 0 Å². The van der Waals surface area contributed by atoms with Crippen LogP contribution >= 0.6 is 0 Å². The zero-order valence-electron chi connectivity index (χ0n) is 10.2. The number of carbonyl (C=O) groups excluding carboxylic acids is 1. The lowest BCUT2D eigenvalue weighted by Gasteiger charge is -2.17. The number of ether oxygens (including phenoxy) is 1. The molecule has 0 saturated heterocycles. The summed E-state index contributed by atoms with van der Waals surface area (Å²) in [5.74, 6) is -8.02. The van der Waals surface area contributed by atoms with Crippen LogP contribution in [0.4, 0.5) is 22.0 Å². The molecule has 0 aromatic rings. The average Bonchev–Trinajstić information content (AvgIpc) is 2.30. The quantitative estimate of drug-likeness (QED) is 0.383. The molecule has 4 nitrogen and oxygen atoms in total. The number of unbranched alkanes of at least 4 members (excludes halogenated alkanes) is 1. The van der Waals surface area contributed by atoms with Gasteiger partial charge in [-0.15, -0.1) is 0 Å². The van der Waals surface area contributed by atoms with Crippen molar-refractivity contribution in [2.45, 2.75) is 31.4 Å². The third-order valence-electron chi connectivity index (χ3n) is 2.15. The van der Waals surface area contributed by atoms with Crippen LogP contribution in [0.25, 0.3) is 0 Å². The standard InChI is InChI=1S/C10H17F5N2O2/c11-9(12,10(13,14)15)8(18)19-7-3-6-17-5-2-1-4-16/h17H,1-7,16H2. The molecule has 0 saturated carbocycles. The third-order valence-corrected chi connectivity index (χ3v) is 2.15. The van der Waals surface area contributed by atoms with Crippen LogP contribution in [-0.2, 0) is 9.53 Å². The van der Waals surface area contributed by atoms with Crippen molar-refractivity contribution in [1.82, 2.24) is 5.32 Å². The molecular weight excluding hydrogens is 275 g/mol. The van der Waals surface area contributed by atoms with Gasteiger partial charge in [0.1, 0.15) is 0 Å². The molecule has 0 heterocycles. The number of carbonyl (C=O) groups is 1. The van der Waals surface area contributed by atoms with Crippen LogP contribution in [0.3, 0.4) is 0 Å². The van der Waals surface area contributed by atoms with Crippen LogP contribution in [0, 0.1) is 0 Å². The fourth-order valence-electron chi connectivity index (χ4n) is 1.09. The van der Waals surface area contributed by atoms with Gasteiger partial charge in [-0.25, -0.2) is 4.79 Å². The van der Waals surface area contributed by atoms with Crippen molar-refractivity contribution in [3.8, 4) is 0 Å². The van der Waals surface area contributed by atoms with Crippen molar-refractivity contribution in [2.75, 3.05) is 26.2 Å². The normalized spacial score (nSPS) is 12.5. The molecule has 0 radical (unpaired) electrons. The highest BCUT2D eigenvalue weighted by Gasteiger charge is 2.64. The number of hydrogen-bond acceptors (Lipinski definition) is 4. The molecule has 0 aliphatic rings. The second-order valence-electron chi connectivity index (χ2n) is 3.81. The highest BCUT2D eigenvalue weighted by Crippen LogP contribution is 2.36. The van der Waals surface area contributed by atoms with Gasteiger partial charge in [0.2, 0.25) is 0 Å². The second-order valence-corrected chi connectivity index (χ2v) is 3.81. The van der Waals surface area contributed by atoms with Crippen LogP contribution in [0.1, 0.15) is 19.3 Å². The first kappa shape index (κ1) is 18.0. The van der Waals surface area contributed by atoms with E-state index in [0.29, 0.717) is 19.6 Å². The summed E-state index contributed by atoms with van der Waals surface area (Å²) in [6.07, 6.45) is -4.10. The Balaban J connectivity index is 3.70. The maximum absolute atomic E-state index is 12.4. The van der Waals surface area contributed by atoms with Gasteiger partial charge in [-0.05, 0) is 38.9 Å². The first-order valence-electron chi connectivity index (χ1n) is 5.76. The first-order valence-corrected chi connectivity index (χ1v) is 5.76. The average molecular weight is 292 g/mol. The summed E-state index contributed by atoms with van der Waals surface area (Å²) in [5.41, 5.74) is 5.25. The lowest BCUT2D eigenvalue weighted by molar-refractivity contribution is -0.280. The smallest absolute Gasteiger partial charge is 0.461 e. The van der Waals surface area contributed by atoms with Gasteiger partial charge in [0.15, 0.2) is 0 Å². The Bertz CT molecular complexity index is 271. The maximum Gasteiger partial charge on any atom is 0.465 e. The lowest BCUT2D eigenvalue weighted by atomic mass is 10.3. The van der Waals surface area contributed by atoms with Gasteiger partial charge in [0.25, 0.3) is 0 Å². The third kappa shape index (κ3) is 6.67. The number of alkyl halides is 5. The molecule has 0 aliphatic carbocycles. The summed E-state index contributed by atoms with van der Waals surface area (Å²) in [6.45, 7) is 1.08. The summed E-state index contributed by atoms with van der Waals surface area (Å²) >= 11 is 0. The van der Waals surface area contributed by atoms with E-state index < -0.39 is 24.7 Å². The molecule has 0 fully saturated rings. The fourth-order valence-corrected chi connectivity index (χ4v) is 1.09. The highest BCUT2D eigenvalue weighted by molar-refractivity contribution is 5.78. The van der Waals surface area contributed by atoms with Gasteiger partial charge in [-0.2, -0.15) is 22.0 Å². The van der Waals surface area contributed by atoms with Crippen molar-refractivity contribution in [2.24, 2.45) is 5.73 Å². The molecule has 0 atom stereocenters. The Morgan fingerprint density at radius 2 is 1.63 bits per heavy atom. The van der Waals surface area contributed by atoms with Gasteiger partial charge in [0, 0.05) is 0 Å². The van der Waals surface area contributed by atoms with Gasteiger partial charge in [-0.1, -0.05) is 0 Å². The molecule has 0 rings (SSSR count). The van der Waals surface area contributed by atoms with E-state index in [-0.39, 0.29) is 6.42 Å². The molecule has 0 aromatic heterocycles. The molecule has 9 heteroatoms. The van der Waals surface area contributed by atoms with Crippen LogP contribution in [0.2, 0.25) is 0 Å². The fraction of sp³-hybridized carbons (Fsp3) is 0.900. The summed E-state index contributed by atoms with van der Waals surface area (Å²) in [6, 6.07) is 0. The zero-order chi connectivity index (χ0) is 14.9. The molecule has 0 spiro atoms. The lowest BCUT2D eigenvalue weighted by Crippen LogP contribution is -2.45. The zero-order valence-corrected chi connectivity index (χ0v) is 10.2. The Morgan fingerprint density at radius 1 is 1.05 bits per heavy atom. The minimum atomic E-state index is -5.93. The minimum absolute atomic E-state index is 0.155. The largest absolute Gasteiger partial charge is 0.465 e. The van der Waals surface area contributed by atoms with Crippen molar-refractivity contribution < 1.29 is 31.5 Å². The van der Waals surface area contributed by atoms with Crippen molar-refractivity contribution in [3.05, 3.63) is 0 Å². The van der Waals surface area contributed by atoms with Crippen LogP contribution < -0.4 is 11.1 Å². The van der Waals surface area contributed by atoms with Crippen molar-refractivity contribution >= 4 is 5.97 Å². The molecule has 0 bridgehead atoms. The van der Waals surface area contributed by atoms with Gasteiger partial charge >= 0.3 is 18.1 Å². The monoisotopic (exact) mass is 292 g/mol. The number of rotatable bonds is 9. The van der Waals surface area contributed by atoms with E-state index in [1.165, 1.54) is 0 Å². The molecule has 3 N–H and O–H groups in total. The van der Waals surface area contributed by atoms with Crippen LogP contribution in [-0.4, -0.2) is 44.3 Å². The summed E-state index contributed by atoms with van der Waals surface area (Å²) in [7, 11) is 0. The number of esters is 1. The Morgan fingerprint density at radius 3 is 2.16 bits per heavy atom. The molecule has 0 amide bonds. The maximum atomic E-state index is 12.4. The van der Waals surface area contributed by atoms with E-state index in [2.05, 4.69) is 10.1 Å². The van der Waals surface area contributed by atoms with Crippen LogP contribution in [0.5, 0.6) is 0 Å². The molecular formula is C10H17F5N2O2. The van der Waals surface area contributed by atoms with E-state index in [9.17, 15) is 26.7 Å². The van der Waals surface area contributed by atoms with Gasteiger partial charge in [0.05, 0.1) is 6.61 Å². The van der Waals surface area contributed by atoms with E-state index in [0.717, 1.165) is 12.8 Å². The van der Waals surface area contributed by atoms with Gasteiger partial charge < -0.3 is 15.8 Å². The molecule has 0 aromatic carbocycles. The summed E-state index contributed by atoms with van der Waals surface area (Å²) < 4.78 is 64.0. The Kier molecular flexibility index (Phi) is 7.84. The van der Waals surface area contributed by atoms with Crippen molar-refractivity contribution in [1.29, 1.82) is 0 Å². The van der Waals surface area contributed by atoms with E-state index in [1.54, 1.807) is 0 Å². The topological polar surface area (TPSA) is 64.3 Å². The number of nitrogens with one attached hydrogen (secondary N) is 1. The van der Waals surface area contributed by atoms with Gasteiger partial charge in [-0.3, -0.25) is 0 Å². The predicted molar refractivity (Wildman–Crippen MR) is 57.7 cm³/mol. The molecule has 19 heavy (non-hydrogen) atoms. The second kappa shape index (κ2) is 8.26. The SMILES string of the molecule is NCCCCNCCCOC(=O)C(F)(F)C(F)(F)F. The molecule has 0 unspecified atom stereocenters. The minimum Gasteiger partial charge on any atom is -0.461 e. The summed E-state index contributed by atoms with van der Waals surface area (Å²) in [4.78, 5) is 10.6. The molecule has 0 aliphatic heterocycles. The number of nitrogens with two attached hydrogens (primary N) is 1. The Hall–Kier alpha value is -0.960. The van der Waals surface area contributed by atoms with E-state index in [4.69, 9.17) is 5.73 Å². The molecule has 114 valence electrons. The summed E-state index contributed by atoms with van der Waals surface area (Å²) in [5, 5.41) is 2.91. The Labute approximate surface area is 107 Å². The highest BCUT2D eigenvalue weighted by atomic mass is 19.4. The van der Waals surface area contributed by atoms with E-state index >= 15 is 0 Å².